The van der Waals surface area contributed by atoms with Gasteiger partial charge in [-0.25, -0.2) is 4.39 Å². The molecule has 3 rings (SSSR count). The number of nitrogens with one attached hydrogen (secondary N) is 2. The summed E-state index contributed by atoms with van der Waals surface area (Å²) in [4.78, 5) is 40.8. The molecule has 1 heterocycles. The molecule has 0 aromatic heterocycles. The van der Waals surface area contributed by atoms with Crippen molar-refractivity contribution in [2.45, 2.75) is 90.1 Å². The van der Waals surface area contributed by atoms with Gasteiger partial charge in [0.15, 0.2) is 0 Å². The van der Waals surface area contributed by atoms with Gasteiger partial charge in [0, 0.05) is 36.7 Å². The van der Waals surface area contributed by atoms with Gasteiger partial charge in [-0.3, -0.25) is 14.4 Å². The van der Waals surface area contributed by atoms with Crippen LogP contribution in [0.5, 0.6) is 0 Å². The number of benzene rings is 1. The van der Waals surface area contributed by atoms with Crippen LogP contribution in [0.15, 0.2) is 24.3 Å². The summed E-state index contributed by atoms with van der Waals surface area (Å²) in [5, 5.41) is 6.23. The Hall–Kier alpha value is -2.44. The fourth-order valence-electron chi connectivity index (χ4n) is 5.23. The molecule has 2 aliphatic rings. The lowest BCUT2D eigenvalue weighted by atomic mass is 9.88. The molecular formula is C27H40FN3O3. The second kappa shape index (κ2) is 12.9. The van der Waals surface area contributed by atoms with Gasteiger partial charge in [0.25, 0.3) is 5.91 Å². The second-order valence-electron chi connectivity index (χ2n) is 9.86. The number of carbonyl (C=O) groups excluding carboxylic acids is 3. The average molecular weight is 474 g/mol. The highest BCUT2D eigenvalue weighted by Gasteiger charge is 2.34. The number of likely N-dealkylation sites (tertiary alicyclic amines) is 1. The topological polar surface area (TPSA) is 78.5 Å². The van der Waals surface area contributed by atoms with Gasteiger partial charge in [0.1, 0.15) is 5.82 Å². The standard InChI is InChI=1S/C27H40FN3O3/c1-3-5-9-19(4-2)27(34)31-17-8-10-21(18-31)26(33)30-24-12-7-6-11-23(24)29-25(32)20-13-15-22(28)16-14-20/h13-16,19,21,23-24H,3-12,17-18H2,1-2H3,(H,29,32)(H,30,33)/t19-,21+,23+,24+/m0/s1. The number of carbonyl (C=O) groups is 3. The summed E-state index contributed by atoms with van der Waals surface area (Å²) in [6, 6.07) is 5.20. The molecule has 34 heavy (non-hydrogen) atoms. The molecule has 1 saturated carbocycles. The maximum absolute atomic E-state index is 13.2. The first-order chi connectivity index (χ1) is 16.4. The van der Waals surface area contributed by atoms with E-state index < -0.39 is 0 Å². The minimum atomic E-state index is -0.380. The Balaban J connectivity index is 1.57. The van der Waals surface area contributed by atoms with Crippen molar-refractivity contribution < 1.29 is 18.8 Å². The molecule has 0 unspecified atom stereocenters. The quantitative estimate of drug-likeness (QED) is 0.557. The highest BCUT2D eigenvalue weighted by atomic mass is 19.1. The van der Waals surface area contributed by atoms with Gasteiger partial charge in [0.05, 0.1) is 5.92 Å². The number of halogens is 1. The molecule has 2 N–H and O–H groups in total. The molecule has 1 aliphatic carbocycles. The Morgan fingerprint density at radius 3 is 2.32 bits per heavy atom. The first-order valence-corrected chi connectivity index (χ1v) is 13.1. The first kappa shape index (κ1) is 26.2. The SMILES string of the molecule is CCCC[C@H](CC)C(=O)N1CCC[C@@H](C(=O)N[C@@H]2CCCC[C@H]2NC(=O)c2ccc(F)cc2)C1. The zero-order chi connectivity index (χ0) is 24.5. The van der Waals surface area contributed by atoms with Crippen molar-refractivity contribution in [3.05, 3.63) is 35.6 Å². The monoisotopic (exact) mass is 473 g/mol. The zero-order valence-electron chi connectivity index (χ0n) is 20.7. The van der Waals surface area contributed by atoms with E-state index in [1.54, 1.807) is 0 Å². The van der Waals surface area contributed by atoms with Crippen molar-refractivity contribution in [1.82, 2.24) is 15.5 Å². The molecule has 188 valence electrons. The Labute approximate surface area is 203 Å². The van der Waals surface area contributed by atoms with Gasteiger partial charge in [0.2, 0.25) is 11.8 Å². The summed E-state index contributed by atoms with van der Waals surface area (Å²) in [5.74, 6) is -0.626. The van der Waals surface area contributed by atoms with Crippen LogP contribution in [0, 0.1) is 17.7 Å². The van der Waals surface area contributed by atoms with E-state index in [0.717, 1.165) is 70.8 Å². The van der Waals surface area contributed by atoms with Crippen LogP contribution >= 0.6 is 0 Å². The first-order valence-electron chi connectivity index (χ1n) is 13.1. The van der Waals surface area contributed by atoms with Crippen molar-refractivity contribution in [2.75, 3.05) is 13.1 Å². The predicted molar refractivity (Wildman–Crippen MR) is 131 cm³/mol. The van der Waals surface area contributed by atoms with Gasteiger partial charge in [-0.15, -0.1) is 0 Å². The number of hydrogen-bond acceptors (Lipinski definition) is 3. The number of unbranched alkanes of at least 4 members (excludes halogenated alkanes) is 1. The van der Waals surface area contributed by atoms with Crippen LogP contribution in [0.3, 0.4) is 0 Å². The lowest BCUT2D eigenvalue weighted by Crippen LogP contribution is -2.55. The van der Waals surface area contributed by atoms with E-state index in [4.69, 9.17) is 0 Å². The van der Waals surface area contributed by atoms with Crippen molar-refractivity contribution >= 4 is 17.7 Å². The maximum atomic E-state index is 13.2. The molecule has 7 heteroatoms. The fourth-order valence-corrected chi connectivity index (χ4v) is 5.23. The lowest BCUT2D eigenvalue weighted by molar-refractivity contribution is -0.139. The van der Waals surface area contributed by atoms with Crippen molar-refractivity contribution in [3.63, 3.8) is 0 Å². The van der Waals surface area contributed by atoms with Crippen LogP contribution in [0.4, 0.5) is 4.39 Å². The van der Waals surface area contributed by atoms with E-state index in [0.29, 0.717) is 12.1 Å². The normalized spacial score (nSPS) is 23.7. The van der Waals surface area contributed by atoms with Crippen molar-refractivity contribution in [3.8, 4) is 0 Å². The molecule has 3 amide bonds. The lowest BCUT2D eigenvalue weighted by Gasteiger charge is -2.37. The highest BCUT2D eigenvalue weighted by molar-refractivity contribution is 5.94. The predicted octanol–water partition coefficient (Wildman–Crippen LogP) is 4.44. The van der Waals surface area contributed by atoms with Crippen molar-refractivity contribution in [1.29, 1.82) is 0 Å². The molecule has 0 bridgehead atoms. The number of piperidine rings is 1. The minimum Gasteiger partial charge on any atom is -0.351 e. The van der Waals surface area contributed by atoms with Crippen LogP contribution < -0.4 is 10.6 Å². The van der Waals surface area contributed by atoms with E-state index in [1.165, 1.54) is 24.3 Å². The number of nitrogens with zero attached hydrogens (tertiary/aromatic N) is 1. The van der Waals surface area contributed by atoms with E-state index >= 15 is 0 Å². The molecule has 0 radical (unpaired) electrons. The molecule has 1 aromatic rings. The Kier molecular flexibility index (Phi) is 9.90. The van der Waals surface area contributed by atoms with Crippen LogP contribution in [-0.2, 0) is 9.59 Å². The third kappa shape index (κ3) is 7.03. The van der Waals surface area contributed by atoms with Crippen LogP contribution in [0.2, 0.25) is 0 Å². The molecular weight excluding hydrogens is 433 g/mol. The molecule has 2 fully saturated rings. The summed E-state index contributed by atoms with van der Waals surface area (Å²) in [7, 11) is 0. The highest BCUT2D eigenvalue weighted by Crippen LogP contribution is 2.24. The summed E-state index contributed by atoms with van der Waals surface area (Å²) in [5.41, 5.74) is 0.409. The summed E-state index contributed by atoms with van der Waals surface area (Å²) in [6.45, 7) is 5.41. The van der Waals surface area contributed by atoms with Gasteiger partial charge in [-0.2, -0.15) is 0 Å². The number of rotatable bonds is 9. The zero-order valence-corrected chi connectivity index (χ0v) is 20.7. The number of hydrogen-bond donors (Lipinski definition) is 2. The molecule has 1 aromatic carbocycles. The molecule has 0 spiro atoms. The fraction of sp³-hybridized carbons (Fsp3) is 0.667. The summed E-state index contributed by atoms with van der Waals surface area (Å²) >= 11 is 0. The van der Waals surface area contributed by atoms with Crippen LogP contribution in [0.25, 0.3) is 0 Å². The Bertz CT molecular complexity index is 829. The third-order valence-corrected chi connectivity index (χ3v) is 7.37. The third-order valence-electron chi connectivity index (χ3n) is 7.37. The van der Waals surface area contributed by atoms with Gasteiger partial charge >= 0.3 is 0 Å². The van der Waals surface area contributed by atoms with E-state index in [-0.39, 0.29) is 47.5 Å². The smallest absolute Gasteiger partial charge is 0.251 e. The molecule has 6 nitrogen and oxygen atoms in total. The van der Waals surface area contributed by atoms with E-state index in [2.05, 4.69) is 24.5 Å². The van der Waals surface area contributed by atoms with Gasteiger partial charge < -0.3 is 15.5 Å². The molecule has 1 aliphatic heterocycles. The molecule has 4 atom stereocenters. The maximum Gasteiger partial charge on any atom is 0.251 e. The number of amides is 3. The summed E-state index contributed by atoms with van der Waals surface area (Å²) in [6.07, 6.45) is 9.09. The van der Waals surface area contributed by atoms with E-state index in [1.807, 2.05) is 4.90 Å². The van der Waals surface area contributed by atoms with Gasteiger partial charge in [-0.1, -0.05) is 39.5 Å². The van der Waals surface area contributed by atoms with Crippen molar-refractivity contribution in [2.24, 2.45) is 11.8 Å². The van der Waals surface area contributed by atoms with Crippen LogP contribution in [0.1, 0.15) is 88.4 Å². The second-order valence-corrected chi connectivity index (χ2v) is 9.86. The van der Waals surface area contributed by atoms with Crippen LogP contribution in [-0.4, -0.2) is 47.8 Å². The molecule has 1 saturated heterocycles. The average Bonchev–Trinajstić information content (AvgIpc) is 2.86. The minimum absolute atomic E-state index is 0.0213. The van der Waals surface area contributed by atoms with Gasteiger partial charge in [-0.05, 0) is 62.8 Å². The van der Waals surface area contributed by atoms with E-state index in [9.17, 15) is 18.8 Å². The Morgan fingerprint density at radius 2 is 1.68 bits per heavy atom. The summed E-state index contributed by atoms with van der Waals surface area (Å²) < 4.78 is 13.2. The largest absolute Gasteiger partial charge is 0.351 e. The Morgan fingerprint density at radius 1 is 1.00 bits per heavy atom.